The van der Waals surface area contributed by atoms with Gasteiger partial charge in [0, 0.05) is 12.7 Å². The van der Waals surface area contributed by atoms with Crippen molar-refractivity contribution in [3.63, 3.8) is 0 Å². The van der Waals surface area contributed by atoms with Gasteiger partial charge in [0.05, 0.1) is 18.3 Å². The Bertz CT molecular complexity index is 370. The van der Waals surface area contributed by atoms with Crippen LogP contribution < -0.4 is 11.1 Å². The molecule has 4 N–H and O–H groups in total. The average Bonchev–Trinajstić information content (AvgIpc) is 2.67. The predicted molar refractivity (Wildman–Crippen MR) is 67.8 cm³/mol. The van der Waals surface area contributed by atoms with Gasteiger partial charge in [0.15, 0.2) is 0 Å². The van der Waals surface area contributed by atoms with Gasteiger partial charge in [0.2, 0.25) is 0 Å². The molecule has 1 amide bonds. The summed E-state index contributed by atoms with van der Waals surface area (Å²) in [7, 11) is 0. The van der Waals surface area contributed by atoms with E-state index in [1.807, 2.05) is 18.4 Å². The number of aliphatic hydroxyl groups is 1. The second-order valence-corrected chi connectivity index (χ2v) is 4.11. The Kier molecular flexibility index (Phi) is 5.03. The van der Waals surface area contributed by atoms with Crippen molar-refractivity contribution in [1.82, 2.24) is 9.88 Å². The van der Waals surface area contributed by atoms with Gasteiger partial charge in [0.25, 0.3) is 5.91 Å². The summed E-state index contributed by atoms with van der Waals surface area (Å²) in [6, 6.07) is 1.46. The average molecular weight is 239 g/mol. The number of nitrogens with zero attached hydrogens (tertiary/aromatic N) is 1. The molecule has 0 saturated carbocycles. The summed E-state index contributed by atoms with van der Waals surface area (Å²) in [5.74, 6) is -0.184. The Balaban J connectivity index is 2.80. The highest BCUT2D eigenvalue weighted by molar-refractivity contribution is 5.94. The lowest BCUT2D eigenvalue weighted by Crippen LogP contribution is -2.37. The zero-order valence-electron chi connectivity index (χ0n) is 10.4. The highest BCUT2D eigenvalue weighted by atomic mass is 16.3. The molecule has 1 rings (SSSR count). The van der Waals surface area contributed by atoms with E-state index in [4.69, 9.17) is 10.8 Å². The van der Waals surface area contributed by atoms with Gasteiger partial charge < -0.3 is 20.7 Å². The molecule has 1 aromatic rings. The number of aliphatic hydroxyl groups excluding tert-OH is 1. The van der Waals surface area contributed by atoms with E-state index in [9.17, 15) is 4.79 Å². The van der Waals surface area contributed by atoms with Gasteiger partial charge in [-0.2, -0.15) is 0 Å². The van der Waals surface area contributed by atoms with Crippen LogP contribution in [0.15, 0.2) is 12.3 Å². The molecule has 0 spiro atoms. The minimum absolute atomic E-state index is 0.0494. The van der Waals surface area contributed by atoms with Gasteiger partial charge in [-0.1, -0.05) is 13.8 Å². The van der Waals surface area contributed by atoms with Crippen LogP contribution in [0.25, 0.3) is 0 Å². The molecule has 1 unspecified atom stereocenters. The molecule has 5 heteroatoms. The van der Waals surface area contributed by atoms with E-state index >= 15 is 0 Å². The standard InChI is InChI=1S/C12H21N3O2/c1-3-5-15-7-9(13)6-11(15)12(17)14-10(4-2)8-16/h6-7,10,16H,3-5,8,13H2,1-2H3,(H,14,17). The smallest absolute Gasteiger partial charge is 0.268 e. The number of anilines is 1. The number of rotatable bonds is 6. The fourth-order valence-electron chi connectivity index (χ4n) is 1.69. The first-order chi connectivity index (χ1) is 8.12. The van der Waals surface area contributed by atoms with Crippen LogP contribution in [0.2, 0.25) is 0 Å². The normalized spacial score (nSPS) is 12.4. The SMILES string of the molecule is CCCn1cc(N)cc1C(=O)NC(CC)CO. The predicted octanol–water partition coefficient (Wildman–Crippen LogP) is 0.981. The Morgan fingerprint density at radius 2 is 2.29 bits per heavy atom. The summed E-state index contributed by atoms with van der Waals surface area (Å²) in [5.41, 5.74) is 6.83. The van der Waals surface area contributed by atoms with Crippen LogP contribution >= 0.6 is 0 Å². The highest BCUT2D eigenvalue weighted by Crippen LogP contribution is 2.11. The van der Waals surface area contributed by atoms with Crippen molar-refractivity contribution in [3.05, 3.63) is 18.0 Å². The Hall–Kier alpha value is -1.49. The summed E-state index contributed by atoms with van der Waals surface area (Å²) in [6.07, 6.45) is 3.40. The number of carbonyl (C=O) groups is 1. The highest BCUT2D eigenvalue weighted by Gasteiger charge is 2.15. The lowest BCUT2D eigenvalue weighted by Gasteiger charge is -2.15. The fourth-order valence-corrected chi connectivity index (χ4v) is 1.69. The van der Waals surface area contributed by atoms with Crippen molar-refractivity contribution >= 4 is 11.6 Å². The van der Waals surface area contributed by atoms with E-state index in [-0.39, 0.29) is 18.6 Å². The molecule has 0 radical (unpaired) electrons. The monoisotopic (exact) mass is 239 g/mol. The zero-order valence-corrected chi connectivity index (χ0v) is 10.4. The van der Waals surface area contributed by atoms with Crippen LogP contribution in [0.5, 0.6) is 0 Å². The molecule has 0 fully saturated rings. The van der Waals surface area contributed by atoms with Gasteiger partial charge >= 0.3 is 0 Å². The number of carbonyl (C=O) groups excluding carboxylic acids is 1. The molecule has 0 bridgehead atoms. The van der Waals surface area contributed by atoms with E-state index in [1.54, 1.807) is 12.3 Å². The molecule has 0 aliphatic rings. The van der Waals surface area contributed by atoms with E-state index in [1.165, 1.54) is 0 Å². The molecule has 0 saturated heterocycles. The van der Waals surface area contributed by atoms with Crippen LogP contribution in [-0.4, -0.2) is 28.2 Å². The van der Waals surface area contributed by atoms with E-state index in [0.717, 1.165) is 13.0 Å². The summed E-state index contributed by atoms with van der Waals surface area (Å²) in [5, 5.41) is 11.8. The second kappa shape index (κ2) is 6.30. The number of aromatic nitrogens is 1. The van der Waals surface area contributed by atoms with E-state index < -0.39 is 0 Å². The first-order valence-electron chi connectivity index (χ1n) is 5.99. The number of hydrogen-bond acceptors (Lipinski definition) is 3. The van der Waals surface area contributed by atoms with Crippen molar-refractivity contribution < 1.29 is 9.90 Å². The van der Waals surface area contributed by atoms with Crippen molar-refractivity contribution in [2.24, 2.45) is 0 Å². The van der Waals surface area contributed by atoms with Crippen LogP contribution in [0, 0.1) is 0 Å². The Morgan fingerprint density at radius 1 is 1.59 bits per heavy atom. The lowest BCUT2D eigenvalue weighted by molar-refractivity contribution is 0.0905. The van der Waals surface area contributed by atoms with Crippen LogP contribution in [-0.2, 0) is 6.54 Å². The van der Waals surface area contributed by atoms with Crippen molar-refractivity contribution in [1.29, 1.82) is 0 Å². The van der Waals surface area contributed by atoms with Crippen molar-refractivity contribution in [2.75, 3.05) is 12.3 Å². The van der Waals surface area contributed by atoms with Gasteiger partial charge in [-0.05, 0) is 18.9 Å². The molecule has 0 aliphatic carbocycles. The number of nitrogens with two attached hydrogens (primary N) is 1. The number of nitrogen functional groups attached to an aromatic ring is 1. The van der Waals surface area contributed by atoms with Crippen LogP contribution in [0.4, 0.5) is 5.69 Å². The maximum Gasteiger partial charge on any atom is 0.268 e. The Morgan fingerprint density at radius 3 is 2.82 bits per heavy atom. The number of hydrogen-bond donors (Lipinski definition) is 3. The topological polar surface area (TPSA) is 80.3 Å². The first-order valence-corrected chi connectivity index (χ1v) is 5.99. The molecular formula is C12H21N3O2. The summed E-state index contributed by atoms with van der Waals surface area (Å²) < 4.78 is 1.84. The zero-order chi connectivity index (χ0) is 12.8. The van der Waals surface area contributed by atoms with Gasteiger partial charge in [-0.15, -0.1) is 0 Å². The molecular weight excluding hydrogens is 218 g/mol. The van der Waals surface area contributed by atoms with Gasteiger partial charge in [0.1, 0.15) is 5.69 Å². The van der Waals surface area contributed by atoms with Crippen LogP contribution in [0.3, 0.4) is 0 Å². The molecule has 1 atom stereocenters. The van der Waals surface area contributed by atoms with E-state index in [0.29, 0.717) is 17.8 Å². The quantitative estimate of drug-likeness (QED) is 0.692. The molecule has 0 aliphatic heterocycles. The van der Waals surface area contributed by atoms with Gasteiger partial charge in [-0.3, -0.25) is 4.79 Å². The maximum atomic E-state index is 12.0. The third-order valence-electron chi connectivity index (χ3n) is 2.66. The molecule has 0 aromatic carbocycles. The first kappa shape index (κ1) is 13.6. The number of amides is 1. The number of nitrogens with one attached hydrogen (secondary N) is 1. The third kappa shape index (κ3) is 3.49. The Labute approximate surface area is 102 Å². The largest absolute Gasteiger partial charge is 0.397 e. The number of aryl methyl sites for hydroxylation is 1. The minimum Gasteiger partial charge on any atom is -0.397 e. The second-order valence-electron chi connectivity index (χ2n) is 4.11. The molecule has 5 nitrogen and oxygen atoms in total. The summed E-state index contributed by atoms with van der Waals surface area (Å²) in [6.45, 7) is 4.67. The summed E-state index contributed by atoms with van der Waals surface area (Å²) in [4.78, 5) is 12.0. The van der Waals surface area contributed by atoms with Crippen LogP contribution in [0.1, 0.15) is 37.2 Å². The van der Waals surface area contributed by atoms with Crippen molar-refractivity contribution in [2.45, 2.75) is 39.3 Å². The minimum atomic E-state index is -0.200. The molecule has 96 valence electrons. The maximum absolute atomic E-state index is 12.0. The molecule has 1 heterocycles. The lowest BCUT2D eigenvalue weighted by atomic mass is 10.2. The molecule has 1 aromatic heterocycles. The molecule has 17 heavy (non-hydrogen) atoms. The van der Waals surface area contributed by atoms with Gasteiger partial charge in [-0.25, -0.2) is 0 Å². The fraction of sp³-hybridized carbons (Fsp3) is 0.583. The van der Waals surface area contributed by atoms with Crippen molar-refractivity contribution in [3.8, 4) is 0 Å². The third-order valence-corrected chi connectivity index (χ3v) is 2.66. The van der Waals surface area contributed by atoms with E-state index in [2.05, 4.69) is 5.32 Å². The summed E-state index contributed by atoms with van der Waals surface area (Å²) >= 11 is 0.